The van der Waals surface area contributed by atoms with E-state index in [0.29, 0.717) is 11.3 Å². The van der Waals surface area contributed by atoms with Crippen molar-refractivity contribution in [3.8, 4) is 11.3 Å². The van der Waals surface area contributed by atoms with Gasteiger partial charge in [0.2, 0.25) is 0 Å². The molecule has 0 bridgehead atoms. The molecule has 0 fully saturated rings. The largest absolute Gasteiger partial charge is 0.416 e. The first-order chi connectivity index (χ1) is 7.98. The SMILES string of the molecule is FC(F)(F)c1ccc(-c2c[c]ccn2)c(Cl)c1. The number of halogens is 4. The van der Waals surface area contributed by atoms with Gasteiger partial charge in [-0.25, -0.2) is 0 Å². The fourth-order valence-electron chi connectivity index (χ4n) is 1.37. The second-order valence-corrected chi connectivity index (χ2v) is 3.74. The predicted molar refractivity (Wildman–Crippen MR) is 58.5 cm³/mol. The lowest BCUT2D eigenvalue weighted by Gasteiger charge is -2.09. The van der Waals surface area contributed by atoms with Crippen LogP contribution in [0.4, 0.5) is 13.2 Å². The Morgan fingerprint density at radius 3 is 2.53 bits per heavy atom. The molecule has 0 aliphatic rings. The van der Waals surface area contributed by atoms with Gasteiger partial charge in [-0.05, 0) is 30.3 Å². The van der Waals surface area contributed by atoms with Crippen molar-refractivity contribution in [3.63, 3.8) is 0 Å². The minimum absolute atomic E-state index is 0.0203. The predicted octanol–water partition coefficient (Wildman–Crippen LogP) is 4.22. The van der Waals surface area contributed by atoms with Crippen LogP contribution in [0.25, 0.3) is 11.3 Å². The van der Waals surface area contributed by atoms with Gasteiger partial charge in [-0.1, -0.05) is 17.7 Å². The van der Waals surface area contributed by atoms with Crippen molar-refractivity contribution >= 4 is 11.6 Å². The van der Waals surface area contributed by atoms with Crippen molar-refractivity contribution < 1.29 is 13.2 Å². The van der Waals surface area contributed by atoms with Crippen LogP contribution < -0.4 is 0 Å². The molecule has 5 heteroatoms. The normalized spacial score (nSPS) is 11.5. The minimum Gasteiger partial charge on any atom is -0.256 e. The van der Waals surface area contributed by atoms with Crippen molar-refractivity contribution in [1.29, 1.82) is 0 Å². The summed E-state index contributed by atoms with van der Waals surface area (Å²) in [6, 6.07) is 9.13. The maximum Gasteiger partial charge on any atom is 0.416 e. The molecular formula is C12H6ClF3N. The van der Waals surface area contributed by atoms with Crippen LogP contribution in [0.1, 0.15) is 5.56 Å². The van der Waals surface area contributed by atoms with E-state index in [4.69, 9.17) is 11.6 Å². The molecule has 17 heavy (non-hydrogen) atoms. The third-order valence-electron chi connectivity index (χ3n) is 2.18. The number of nitrogens with zero attached hydrogens (tertiary/aromatic N) is 1. The molecule has 2 aromatic rings. The lowest BCUT2D eigenvalue weighted by atomic mass is 10.1. The van der Waals surface area contributed by atoms with Gasteiger partial charge in [0.25, 0.3) is 0 Å². The smallest absolute Gasteiger partial charge is 0.256 e. The summed E-state index contributed by atoms with van der Waals surface area (Å²) in [7, 11) is 0. The quantitative estimate of drug-likeness (QED) is 0.744. The van der Waals surface area contributed by atoms with Gasteiger partial charge in [0.05, 0.1) is 16.3 Å². The van der Waals surface area contributed by atoms with E-state index in [1.54, 1.807) is 12.1 Å². The molecule has 0 amide bonds. The molecule has 0 unspecified atom stereocenters. The fraction of sp³-hybridized carbons (Fsp3) is 0.0833. The van der Waals surface area contributed by atoms with E-state index in [0.717, 1.165) is 12.1 Å². The monoisotopic (exact) mass is 256 g/mol. The van der Waals surface area contributed by atoms with E-state index in [2.05, 4.69) is 11.1 Å². The summed E-state index contributed by atoms with van der Waals surface area (Å²) < 4.78 is 37.3. The maximum atomic E-state index is 12.4. The third kappa shape index (κ3) is 2.58. The van der Waals surface area contributed by atoms with Gasteiger partial charge in [-0.2, -0.15) is 13.2 Å². The maximum absolute atomic E-state index is 12.4. The van der Waals surface area contributed by atoms with E-state index in [-0.39, 0.29) is 5.02 Å². The minimum atomic E-state index is -4.39. The second kappa shape index (κ2) is 4.37. The Morgan fingerprint density at radius 1 is 1.24 bits per heavy atom. The number of alkyl halides is 3. The number of hydrogen-bond acceptors (Lipinski definition) is 1. The first-order valence-corrected chi connectivity index (χ1v) is 5.05. The molecule has 1 heterocycles. The van der Waals surface area contributed by atoms with Crippen molar-refractivity contribution in [2.75, 3.05) is 0 Å². The van der Waals surface area contributed by atoms with Crippen LogP contribution in [0.15, 0.2) is 36.5 Å². The average molecular weight is 257 g/mol. The molecule has 1 nitrogen and oxygen atoms in total. The topological polar surface area (TPSA) is 12.9 Å². The zero-order chi connectivity index (χ0) is 12.5. The highest BCUT2D eigenvalue weighted by molar-refractivity contribution is 6.33. The van der Waals surface area contributed by atoms with Crippen molar-refractivity contribution in [2.45, 2.75) is 6.18 Å². The van der Waals surface area contributed by atoms with Crippen LogP contribution in [-0.4, -0.2) is 4.98 Å². The zero-order valence-electron chi connectivity index (χ0n) is 8.42. The van der Waals surface area contributed by atoms with Gasteiger partial charge >= 0.3 is 6.18 Å². The van der Waals surface area contributed by atoms with E-state index in [1.165, 1.54) is 12.3 Å². The third-order valence-corrected chi connectivity index (χ3v) is 2.49. The van der Waals surface area contributed by atoms with E-state index < -0.39 is 11.7 Å². The van der Waals surface area contributed by atoms with Crippen LogP contribution >= 0.6 is 11.6 Å². The van der Waals surface area contributed by atoms with E-state index >= 15 is 0 Å². The Hall–Kier alpha value is -1.55. The Bertz CT molecular complexity index is 523. The summed E-state index contributed by atoms with van der Waals surface area (Å²) in [6.45, 7) is 0. The Morgan fingerprint density at radius 2 is 2.00 bits per heavy atom. The van der Waals surface area contributed by atoms with Crippen LogP contribution in [0.5, 0.6) is 0 Å². The first kappa shape index (κ1) is 11.9. The number of pyridine rings is 1. The zero-order valence-corrected chi connectivity index (χ0v) is 9.18. The van der Waals surface area contributed by atoms with Crippen molar-refractivity contribution in [1.82, 2.24) is 4.98 Å². The van der Waals surface area contributed by atoms with Crippen molar-refractivity contribution in [2.24, 2.45) is 0 Å². The van der Waals surface area contributed by atoms with Crippen LogP contribution in [0.2, 0.25) is 5.02 Å². The lowest BCUT2D eigenvalue weighted by Crippen LogP contribution is -2.04. The first-order valence-electron chi connectivity index (χ1n) is 4.68. The number of benzene rings is 1. The molecule has 1 aromatic heterocycles. The summed E-state index contributed by atoms with van der Waals surface area (Å²) in [5, 5.41) is 0.0203. The molecule has 0 saturated heterocycles. The van der Waals surface area contributed by atoms with Crippen molar-refractivity contribution in [3.05, 3.63) is 53.2 Å². The fourth-order valence-corrected chi connectivity index (χ4v) is 1.65. The van der Waals surface area contributed by atoms with Gasteiger partial charge in [0, 0.05) is 11.8 Å². The summed E-state index contributed by atoms with van der Waals surface area (Å²) in [5.74, 6) is 0. The molecule has 0 spiro atoms. The van der Waals surface area contributed by atoms with Gasteiger partial charge in [-0.15, -0.1) is 0 Å². The standard InChI is InChI=1S/C12H6ClF3N/c13-10-7-8(12(14,15)16)4-5-9(10)11-3-1-2-6-17-11/h2-7H. The lowest BCUT2D eigenvalue weighted by molar-refractivity contribution is -0.137. The number of hydrogen-bond donors (Lipinski definition) is 0. The van der Waals surface area contributed by atoms with Gasteiger partial charge in [0.15, 0.2) is 0 Å². The molecule has 0 saturated carbocycles. The van der Waals surface area contributed by atoms with Crippen LogP contribution in [0.3, 0.4) is 0 Å². The molecule has 2 rings (SSSR count). The highest BCUT2D eigenvalue weighted by Gasteiger charge is 2.30. The molecule has 0 aliphatic carbocycles. The van der Waals surface area contributed by atoms with Gasteiger partial charge < -0.3 is 0 Å². The molecule has 87 valence electrons. The highest BCUT2D eigenvalue weighted by atomic mass is 35.5. The second-order valence-electron chi connectivity index (χ2n) is 3.33. The summed E-state index contributed by atoms with van der Waals surface area (Å²) in [5.41, 5.74) is 0.175. The summed E-state index contributed by atoms with van der Waals surface area (Å²) >= 11 is 5.82. The molecule has 0 N–H and O–H groups in total. The molecule has 0 atom stereocenters. The van der Waals surface area contributed by atoms with Gasteiger partial charge in [0.1, 0.15) is 0 Å². The van der Waals surface area contributed by atoms with E-state index in [9.17, 15) is 13.2 Å². The number of aromatic nitrogens is 1. The average Bonchev–Trinajstić information content (AvgIpc) is 2.29. The van der Waals surface area contributed by atoms with E-state index in [1.807, 2.05) is 0 Å². The molecular weight excluding hydrogens is 251 g/mol. The van der Waals surface area contributed by atoms with Crippen LogP contribution in [0, 0.1) is 6.07 Å². The molecule has 1 radical (unpaired) electrons. The Balaban J connectivity index is 2.46. The molecule has 1 aromatic carbocycles. The van der Waals surface area contributed by atoms with Gasteiger partial charge in [-0.3, -0.25) is 4.98 Å². The Kier molecular flexibility index (Phi) is 3.07. The number of rotatable bonds is 1. The highest BCUT2D eigenvalue weighted by Crippen LogP contribution is 2.34. The van der Waals surface area contributed by atoms with Crippen LogP contribution in [-0.2, 0) is 6.18 Å². The summed E-state index contributed by atoms with van der Waals surface area (Å²) in [4.78, 5) is 4.00. The Labute approximate surface area is 101 Å². The summed E-state index contributed by atoms with van der Waals surface area (Å²) in [6.07, 6.45) is -2.89. The molecule has 0 aliphatic heterocycles.